The molecular formula is C12H17ClN4O2. The van der Waals surface area contributed by atoms with Crippen LogP contribution in [0.1, 0.15) is 16.8 Å². The SMILES string of the molecule is CN(C)c1cc(C(=O)NCCCNC=O)cc(Cl)n1. The van der Waals surface area contributed by atoms with Gasteiger partial charge in [0.05, 0.1) is 0 Å². The second-order valence-electron chi connectivity index (χ2n) is 4.11. The first-order valence-electron chi connectivity index (χ1n) is 5.84. The molecule has 0 aliphatic heterocycles. The van der Waals surface area contributed by atoms with Gasteiger partial charge in [-0.15, -0.1) is 0 Å². The van der Waals surface area contributed by atoms with Crippen LogP contribution in [0.25, 0.3) is 0 Å². The lowest BCUT2D eigenvalue weighted by Gasteiger charge is -2.13. The molecular weight excluding hydrogens is 268 g/mol. The van der Waals surface area contributed by atoms with Crippen LogP contribution in [0.3, 0.4) is 0 Å². The molecule has 0 fully saturated rings. The summed E-state index contributed by atoms with van der Waals surface area (Å²) in [5.41, 5.74) is 0.465. The minimum atomic E-state index is -0.210. The number of rotatable bonds is 7. The zero-order chi connectivity index (χ0) is 14.3. The van der Waals surface area contributed by atoms with Gasteiger partial charge in [0.1, 0.15) is 11.0 Å². The molecule has 0 saturated carbocycles. The lowest BCUT2D eigenvalue weighted by atomic mass is 10.2. The molecule has 0 aliphatic carbocycles. The lowest BCUT2D eigenvalue weighted by molar-refractivity contribution is -0.109. The molecule has 19 heavy (non-hydrogen) atoms. The van der Waals surface area contributed by atoms with Crippen molar-refractivity contribution in [2.75, 3.05) is 32.1 Å². The Balaban J connectivity index is 2.59. The van der Waals surface area contributed by atoms with Crippen molar-refractivity contribution in [3.63, 3.8) is 0 Å². The van der Waals surface area contributed by atoms with Crippen LogP contribution in [-0.4, -0.2) is 44.5 Å². The summed E-state index contributed by atoms with van der Waals surface area (Å²) in [6, 6.07) is 3.19. The van der Waals surface area contributed by atoms with E-state index >= 15 is 0 Å². The van der Waals surface area contributed by atoms with E-state index in [-0.39, 0.29) is 11.1 Å². The van der Waals surface area contributed by atoms with Crippen LogP contribution in [0.5, 0.6) is 0 Å². The predicted octanol–water partition coefficient (Wildman–Crippen LogP) is 0.667. The Morgan fingerprint density at radius 1 is 1.42 bits per heavy atom. The molecule has 6 nitrogen and oxygen atoms in total. The summed E-state index contributed by atoms with van der Waals surface area (Å²) >= 11 is 5.87. The number of carbonyl (C=O) groups excluding carboxylic acids is 2. The van der Waals surface area contributed by atoms with Gasteiger partial charge in [0.25, 0.3) is 5.91 Å². The van der Waals surface area contributed by atoms with Gasteiger partial charge in [-0.3, -0.25) is 9.59 Å². The van der Waals surface area contributed by atoms with Crippen LogP contribution in [0.2, 0.25) is 5.15 Å². The van der Waals surface area contributed by atoms with E-state index in [4.69, 9.17) is 11.6 Å². The second-order valence-corrected chi connectivity index (χ2v) is 4.50. The monoisotopic (exact) mass is 284 g/mol. The maximum absolute atomic E-state index is 11.9. The zero-order valence-electron chi connectivity index (χ0n) is 10.9. The number of hydrogen-bond acceptors (Lipinski definition) is 4. The van der Waals surface area contributed by atoms with Crippen LogP contribution in [0.4, 0.5) is 5.82 Å². The third kappa shape index (κ3) is 5.13. The highest BCUT2D eigenvalue weighted by Gasteiger charge is 2.09. The molecule has 1 aromatic heterocycles. The second kappa shape index (κ2) is 7.58. The van der Waals surface area contributed by atoms with Crippen molar-refractivity contribution in [1.29, 1.82) is 0 Å². The molecule has 0 bridgehead atoms. The Hall–Kier alpha value is -1.82. The predicted molar refractivity (Wildman–Crippen MR) is 74.6 cm³/mol. The molecule has 1 rings (SSSR count). The van der Waals surface area contributed by atoms with Crippen molar-refractivity contribution >= 4 is 29.7 Å². The number of amides is 2. The molecule has 0 unspecified atom stereocenters. The molecule has 0 aromatic carbocycles. The fourth-order valence-electron chi connectivity index (χ4n) is 1.40. The van der Waals surface area contributed by atoms with Crippen molar-refractivity contribution in [1.82, 2.24) is 15.6 Å². The lowest BCUT2D eigenvalue weighted by Crippen LogP contribution is -2.27. The van der Waals surface area contributed by atoms with Gasteiger partial charge in [-0.05, 0) is 18.6 Å². The number of aromatic nitrogens is 1. The van der Waals surface area contributed by atoms with Gasteiger partial charge in [0.2, 0.25) is 6.41 Å². The Kier molecular flexibility index (Phi) is 6.08. The number of hydrogen-bond donors (Lipinski definition) is 2. The van der Waals surface area contributed by atoms with Gasteiger partial charge >= 0.3 is 0 Å². The van der Waals surface area contributed by atoms with E-state index in [2.05, 4.69) is 15.6 Å². The minimum absolute atomic E-state index is 0.210. The number of anilines is 1. The van der Waals surface area contributed by atoms with Crippen LogP contribution < -0.4 is 15.5 Å². The third-order valence-electron chi connectivity index (χ3n) is 2.37. The van der Waals surface area contributed by atoms with Crippen LogP contribution in [0.15, 0.2) is 12.1 Å². The van der Waals surface area contributed by atoms with E-state index in [1.165, 1.54) is 6.07 Å². The van der Waals surface area contributed by atoms with Crippen molar-refractivity contribution in [3.05, 3.63) is 22.8 Å². The quantitative estimate of drug-likeness (QED) is 0.438. The Morgan fingerprint density at radius 3 is 2.79 bits per heavy atom. The van der Waals surface area contributed by atoms with E-state index in [0.29, 0.717) is 37.3 Å². The molecule has 0 spiro atoms. The average Bonchev–Trinajstić information content (AvgIpc) is 2.37. The van der Waals surface area contributed by atoms with E-state index in [1.807, 2.05) is 14.1 Å². The smallest absolute Gasteiger partial charge is 0.251 e. The molecule has 1 heterocycles. The van der Waals surface area contributed by atoms with Crippen LogP contribution in [0, 0.1) is 0 Å². The molecule has 0 aliphatic rings. The van der Waals surface area contributed by atoms with Crippen LogP contribution in [-0.2, 0) is 4.79 Å². The summed E-state index contributed by atoms with van der Waals surface area (Å²) in [5.74, 6) is 0.416. The zero-order valence-corrected chi connectivity index (χ0v) is 11.7. The first kappa shape index (κ1) is 15.2. The highest BCUT2D eigenvalue weighted by atomic mass is 35.5. The maximum atomic E-state index is 11.9. The summed E-state index contributed by atoms with van der Waals surface area (Å²) in [6.07, 6.45) is 1.30. The maximum Gasteiger partial charge on any atom is 0.251 e. The molecule has 2 amide bonds. The van der Waals surface area contributed by atoms with Gasteiger partial charge in [-0.25, -0.2) is 4.98 Å². The Morgan fingerprint density at radius 2 is 2.16 bits per heavy atom. The van der Waals surface area contributed by atoms with Crippen molar-refractivity contribution in [3.8, 4) is 0 Å². The van der Waals surface area contributed by atoms with Gasteiger partial charge in [-0.2, -0.15) is 0 Å². The number of nitrogens with one attached hydrogen (secondary N) is 2. The normalized spacial score (nSPS) is 9.84. The highest BCUT2D eigenvalue weighted by molar-refractivity contribution is 6.29. The molecule has 1 aromatic rings. The van der Waals surface area contributed by atoms with E-state index in [0.717, 1.165) is 0 Å². The molecule has 0 radical (unpaired) electrons. The molecule has 2 N–H and O–H groups in total. The largest absolute Gasteiger partial charge is 0.363 e. The minimum Gasteiger partial charge on any atom is -0.363 e. The summed E-state index contributed by atoms with van der Waals surface area (Å²) in [4.78, 5) is 27.8. The fourth-order valence-corrected chi connectivity index (χ4v) is 1.60. The number of carbonyl (C=O) groups is 2. The summed E-state index contributed by atoms with van der Waals surface area (Å²) in [6.45, 7) is 1.01. The molecule has 0 atom stereocenters. The molecule has 7 heteroatoms. The number of nitrogens with zero attached hydrogens (tertiary/aromatic N) is 2. The van der Waals surface area contributed by atoms with Gasteiger partial charge in [-0.1, -0.05) is 11.6 Å². The highest BCUT2D eigenvalue weighted by Crippen LogP contribution is 2.16. The fraction of sp³-hybridized carbons (Fsp3) is 0.417. The Bertz CT molecular complexity index is 451. The number of halogens is 1. The summed E-state index contributed by atoms with van der Waals surface area (Å²) in [7, 11) is 3.65. The van der Waals surface area contributed by atoms with E-state index in [9.17, 15) is 9.59 Å². The molecule has 0 saturated heterocycles. The standard InChI is InChI=1S/C12H17ClN4O2/c1-17(2)11-7-9(6-10(13)16-11)12(19)15-5-3-4-14-8-18/h6-8H,3-5H2,1-2H3,(H,14,18)(H,15,19). The van der Waals surface area contributed by atoms with E-state index < -0.39 is 0 Å². The summed E-state index contributed by atoms with van der Waals surface area (Å²) in [5, 5.41) is 5.55. The summed E-state index contributed by atoms with van der Waals surface area (Å²) < 4.78 is 0. The van der Waals surface area contributed by atoms with Crippen molar-refractivity contribution < 1.29 is 9.59 Å². The van der Waals surface area contributed by atoms with Crippen molar-refractivity contribution in [2.45, 2.75) is 6.42 Å². The van der Waals surface area contributed by atoms with Crippen molar-refractivity contribution in [2.24, 2.45) is 0 Å². The first-order chi connectivity index (χ1) is 9.04. The Labute approximate surface area is 117 Å². The average molecular weight is 285 g/mol. The number of pyridine rings is 1. The van der Waals surface area contributed by atoms with Gasteiger partial charge in [0, 0.05) is 32.7 Å². The first-order valence-corrected chi connectivity index (χ1v) is 6.22. The molecule has 104 valence electrons. The third-order valence-corrected chi connectivity index (χ3v) is 2.56. The van der Waals surface area contributed by atoms with Gasteiger partial charge < -0.3 is 15.5 Å². The van der Waals surface area contributed by atoms with Crippen LogP contribution >= 0.6 is 11.6 Å². The van der Waals surface area contributed by atoms with E-state index in [1.54, 1.807) is 11.0 Å². The topological polar surface area (TPSA) is 74.3 Å². The van der Waals surface area contributed by atoms with Gasteiger partial charge in [0.15, 0.2) is 0 Å².